The van der Waals surface area contributed by atoms with Gasteiger partial charge in [0.1, 0.15) is 27.4 Å². The van der Waals surface area contributed by atoms with Crippen molar-refractivity contribution in [3.05, 3.63) is 398 Å². The summed E-state index contributed by atoms with van der Waals surface area (Å²) in [6.45, 7) is 57.8. The predicted octanol–water partition coefficient (Wildman–Crippen LogP) is 24.3. The van der Waals surface area contributed by atoms with E-state index in [0.717, 1.165) is 59.8 Å². The van der Waals surface area contributed by atoms with Crippen molar-refractivity contribution < 1.29 is 110 Å². The number of phenols is 4. The van der Waals surface area contributed by atoms with E-state index in [1.807, 2.05) is 72.2 Å². The van der Waals surface area contributed by atoms with Gasteiger partial charge in [0.25, 0.3) is 0 Å². The zero-order valence-corrected chi connectivity index (χ0v) is 91.1. The monoisotopic (exact) mass is 2020 g/mol. The van der Waals surface area contributed by atoms with Crippen molar-refractivity contribution in [3.8, 4) is 23.0 Å². The summed E-state index contributed by atoms with van der Waals surface area (Å²) in [5, 5.41) is 52.7. The minimum Gasteiger partial charge on any atom is -0.0620 e. The zero-order chi connectivity index (χ0) is 96.5. The van der Waals surface area contributed by atoms with Crippen molar-refractivity contribution in [2.45, 2.75) is 195 Å². The van der Waals surface area contributed by atoms with E-state index in [1.54, 1.807) is 67.3 Å². The van der Waals surface area contributed by atoms with E-state index < -0.39 is 13.5 Å². The number of aliphatic imine (C=N–C) groups is 2. The van der Waals surface area contributed by atoms with Crippen LogP contribution in [-0.2, 0) is 33.5 Å². The summed E-state index contributed by atoms with van der Waals surface area (Å²) in [4.78, 5) is 19.0. The summed E-state index contributed by atoms with van der Waals surface area (Å²) in [6, 6.07) is 92.3. The first-order valence-electron chi connectivity index (χ1n) is 45.7. The maximum absolute atomic E-state index is 10.5. The first-order valence-corrected chi connectivity index (χ1v) is 51.4. The Bertz CT molecular complexity index is 5350. The molecule has 2 aliphatic rings. The van der Waals surface area contributed by atoms with Gasteiger partial charge in [0, 0.05) is 72.5 Å². The van der Waals surface area contributed by atoms with Crippen molar-refractivity contribution in [3.63, 3.8) is 0 Å². The Hall–Kier alpha value is -9.10. The van der Waals surface area contributed by atoms with E-state index in [-0.39, 0.29) is 78.6 Å². The molecule has 13 aromatic rings. The normalized spacial score (nSPS) is 12.3. The van der Waals surface area contributed by atoms with Gasteiger partial charge in [0.15, 0.2) is 0 Å². The average molecular weight is 2020 g/mol. The summed E-state index contributed by atoms with van der Waals surface area (Å²) < 4.78 is 3.65. The van der Waals surface area contributed by atoms with E-state index in [4.69, 9.17) is 29.9 Å². The summed E-state index contributed by atoms with van der Waals surface area (Å²) in [5.41, 5.74) is 31.2. The van der Waals surface area contributed by atoms with Crippen LogP contribution in [0.15, 0.2) is 283 Å². The quantitative estimate of drug-likeness (QED) is 0.0286. The van der Waals surface area contributed by atoms with Gasteiger partial charge in [-0.1, -0.05) is 269 Å². The van der Waals surface area contributed by atoms with Crippen LogP contribution < -0.4 is 92.0 Å². The van der Waals surface area contributed by atoms with Crippen molar-refractivity contribution >= 4 is 89.3 Å². The Morgan fingerprint density at radius 3 is 0.789 bits per heavy atom. The number of phenolic OH excluding ortho intramolecular Hbond substituents is 4. The molecule has 0 unspecified atom stereocenters. The molecule has 0 bridgehead atoms. The van der Waals surface area contributed by atoms with E-state index in [0.29, 0.717) is 41.6 Å². The number of benzene rings is 13. The third-order valence-corrected chi connectivity index (χ3v) is 27.3. The van der Waals surface area contributed by atoms with Crippen LogP contribution in [0.3, 0.4) is 0 Å². The van der Waals surface area contributed by atoms with Gasteiger partial charge in [-0.05, 0) is 234 Å². The van der Waals surface area contributed by atoms with E-state index in [2.05, 4.69) is 365 Å². The molecule has 0 aromatic heterocycles. The van der Waals surface area contributed by atoms with Gasteiger partial charge >= 0.3 is 185 Å². The fourth-order valence-electron chi connectivity index (χ4n) is 16.5. The van der Waals surface area contributed by atoms with Crippen LogP contribution in [0.25, 0.3) is 0 Å². The molecule has 696 valence electrons. The van der Waals surface area contributed by atoms with Crippen LogP contribution in [-0.4, -0.2) is 73.9 Å². The fourth-order valence-corrected chi connectivity index (χ4v) is 20.6. The molecule has 16 heteroatoms. The Morgan fingerprint density at radius 2 is 0.586 bits per heavy atom. The van der Waals surface area contributed by atoms with Crippen LogP contribution in [0, 0.1) is 96.4 Å². The zero-order valence-electron chi connectivity index (χ0n) is 82.8. The summed E-state index contributed by atoms with van der Waals surface area (Å²) in [6.07, 6.45) is 4.22. The number of aromatic hydroxyl groups is 4. The van der Waals surface area contributed by atoms with Crippen LogP contribution in [0.1, 0.15) is 218 Å². The Labute approximate surface area is 862 Å². The van der Waals surface area contributed by atoms with Crippen molar-refractivity contribution in [1.29, 1.82) is 0 Å². The molecule has 2 saturated heterocycles. The number of rotatable bonds is 18. The van der Waals surface area contributed by atoms with Gasteiger partial charge in [0.2, 0.25) is 0 Å². The van der Waals surface area contributed by atoms with Gasteiger partial charge in [-0.25, -0.2) is 0 Å². The maximum atomic E-state index is 10.5. The molecule has 0 radical (unpaired) electrons. The smallest absolute Gasteiger partial charge is 0.0620 e. The number of hydrogen-bond donors (Lipinski definition) is 4. The largest absolute Gasteiger partial charge is 1.00 e. The number of anilines is 4. The molecule has 2 heterocycles. The second kappa shape index (κ2) is 55.2. The average Bonchev–Trinajstić information content (AvgIpc) is 1.68. The fraction of sp³-hybridized carbons (Fsp3) is 0.282. The molecule has 0 amide bonds. The van der Waals surface area contributed by atoms with Gasteiger partial charge in [-0.3, -0.25) is 9.98 Å². The molecule has 0 saturated carbocycles. The minimum atomic E-state index is -0.877. The van der Waals surface area contributed by atoms with Crippen molar-refractivity contribution in [1.82, 2.24) is 0 Å². The first kappa shape index (κ1) is 111. The van der Waals surface area contributed by atoms with Crippen molar-refractivity contribution in [2.75, 3.05) is 45.8 Å². The summed E-state index contributed by atoms with van der Waals surface area (Å²) in [5.74, 6) is 2.82. The van der Waals surface area contributed by atoms with Crippen LogP contribution in [0.4, 0.5) is 34.1 Å². The Balaban J connectivity index is 0.000000213. The number of halogens is 1. The summed E-state index contributed by atoms with van der Waals surface area (Å²) >= 11 is 2.11. The molecule has 2 aliphatic heterocycles. The molecular weight excluding hydrogens is 1880 g/mol. The molecule has 0 spiro atoms. The van der Waals surface area contributed by atoms with E-state index >= 15 is 0 Å². The standard InChI is InChI=1S/2C21H27N2.2C19H23NO.C18H15P.2C7H6O.C5H11O.ClH.K.2Ru/c2*1-14-9-16(3)20(17(4)10-14)22-7-8-23(13-22)21-18(5)11-15(2)12-19(21)6;2*1-13(2)16-9-7-10-17(14(3)4)19(16)20-12-15-8-5-6-11-18(15)21;1-4-10-16(11-5-1)19(17-12-6-2-7-13-17)18-14-8-3-9-15-18;2*1-6-4-2-3-5-7(6)8;1-4-5(2,3)6;;;;/h2*9-13H,7-8H2,1-6H3;2*5-14,21H,1-4H3;1-15H;2*1-5,8H;4H2,1-3H3;1H;;;/q2*-1;;;;;;-1;;3*+1. The number of para-hydroxylation sites is 6. The number of nitrogens with zero attached hydrogens (tertiary/aromatic N) is 6. The molecular formula is C117H139ClKN6O5PRu2. The van der Waals surface area contributed by atoms with Gasteiger partial charge in [0.05, 0.1) is 19.3 Å². The topological polar surface area (TPSA) is 142 Å². The van der Waals surface area contributed by atoms with Crippen LogP contribution in [0.5, 0.6) is 23.0 Å². The molecule has 4 N–H and O–H groups in total. The molecule has 0 aliphatic carbocycles. The second-order valence-electron chi connectivity index (χ2n) is 35.8. The predicted molar refractivity (Wildman–Crippen MR) is 564 cm³/mol. The third kappa shape index (κ3) is 33.7. The minimum absolute atomic E-state index is 0. The van der Waals surface area contributed by atoms with E-state index in [1.165, 1.54) is 128 Å². The van der Waals surface area contributed by atoms with Crippen molar-refractivity contribution in [2.24, 2.45) is 9.98 Å². The SMILES string of the molecule is CC(C)c1cccc(C(C)C)c1N=Cc1ccccc1O.CC(C)c1cccc(C(C)C)c1N=Cc1ccccc1O.CCC(C)(C)[O-].Cc1cc(C)c(N2[CH-]N(c3c(C)cc(C)cc3C)CC2)c(C)c1.Cc1cc(C)c(N2[CH-]N(c3c(C)cc(C)cc3C)CC2)c(C)c1.Oc1ccccc1[CH]=[Ru+].Oc1ccccc1[CH]=[Ru][Cl].[K+].c1ccc([PH+](c2ccccc2)c2ccccc2)cc1. The Morgan fingerprint density at radius 1 is 0.368 bits per heavy atom. The molecule has 133 heavy (non-hydrogen) atoms. The maximum Gasteiger partial charge on any atom is 1.00 e. The first-order chi connectivity index (χ1) is 62.9. The Kier molecular flexibility index (Phi) is 46.0. The molecule has 11 nitrogen and oxygen atoms in total. The second-order valence-corrected chi connectivity index (χ2v) is 40.6. The van der Waals surface area contributed by atoms with Gasteiger partial charge < -0.3 is 34.9 Å². The van der Waals surface area contributed by atoms with Gasteiger partial charge in [-0.15, -0.1) is 5.60 Å². The third-order valence-electron chi connectivity index (χ3n) is 22.8. The van der Waals surface area contributed by atoms with Gasteiger partial charge in [-0.2, -0.15) is 13.3 Å². The van der Waals surface area contributed by atoms with Crippen LogP contribution in [0.2, 0.25) is 0 Å². The molecule has 2 fully saturated rings. The van der Waals surface area contributed by atoms with E-state index in [9.17, 15) is 15.3 Å². The summed E-state index contributed by atoms with van der Waals surface area (Å²) in [7, 11) is 4.65. The molecule has 15 rings (SSSR count). The van der Waals surface area contributed by atoms with Crippen LogP contribution >= 0.6 is 17.6 Å². The number of aryl methyl sites for hydroxylation is 12. The molecule has 13 aromatic carbocycles. The number of hydrogen-bond acceptors (Lipinski definition) is 11. The molecule has 0 atom stereocenters.